The van der Waals surface area contributed by atoms with Crippen LogP contribution in [0, 0.1) is 0 Å². The van der Waals surface area contributed by atoms with E-state index in [1.807, 2.05) is 0 Å². The molecule has 0 heterocycles. The quantitative estimate of drug-likeness (QED) is 0.225. The summed E-state index contributed by atoms with van der Waals surface area (Å²) in [5.41, 5.74) is 0. The van der Waals surface area contributed by atoms with Gasteiger partial charge in [0, 0.05) is 0 Å². The fourth-order valence-electron chi connectivity index (χ4n) is 0. The van der Waals surface area contributed by atoms with Gasteiger partial charge in [0.2, 0.25) is 0 Å². The van der Waals surface area contributed by atoms with Crippen molar-refractivity contribution in [2.24, 2.45) is 0 Å². The number of hydrogen-bond donors (Lipinski definition) is 0. The van der Waals surface area contributed by atoms with Crippen molar-refractivity contribution < 1.29 is 8.56 Å². The van der Waals surface area contributed by atoms with Gasteiger partial charge in [-0.2, -0.15) is 0 Å². The maximum Gasteiger partial charge on any atom is 2.00 e. The Morgan fingerprint density at radius 3 is 0.211 bits per heavy atom. The van der Waals surface area contributed by atoms with Crippen LogP contribution in [0.25, 0.3) is 0 Å². The molecule has 0 amide bonds. The van der Waals surface area contributed by atoms with Crippen LogP contribution < -0.4 is 0 Å². The van der Waals surface area contributed by atoms with Crippen LogP contribution in [0.2, 0.25) is 0 Å². The zero-order valence-electron chi connectivity index (χ0n) is 8.12. The average Bonchev–Trinajstić information content (AvgIpc) is 0. The van der Waals surface area contributed by atoms with E-state index in [-0.39, 0.29) is 381 Å². The Bertz CT molecular complexity index is 34.6. The van der Waals surface area contributed by atoms with Crippen LogP contribution in [0.5, 0.6) is 0 Å². The van der Waals surface area contributed by atoms with E-state index < -0.39 is 0 Å². The van der Waals surface area contributed by atoms with Crippen molar-refractivity contribution >= 4 is 373 Å². The molecule has 0 aromatic rings. The van der Waals surface area contributed by atoms with Gasteiger partial charge in [0.05, 0.1) is 0 Å². The van der Waals surface area contributed by atoms with Crippen LogP contribution in [-0.4, -0.2) is 373 Å². The zero-order chi connectivity index (χ0) is 0. The molecule has 0 unspecified atom stereocenters. The zero-order valence-corrected chi connectivity index (χ0v) is 9.39. The van der Waals surface area contributed by atoms with Gasteiger partial charge >= 0.3 is 95.0 Å². The molecule has 0 saturated carbocycles. The summed E-state index contributed by atoms with van der Waals surface area (Å²) >= 11 is 0. The first-order chi connectivity index (χ1) is 0. The molecular weight excluding hydrogens is 618 g/mol. The monoisotopic (exact) mass is 672 g/mol. The van der Waals surface area contributed by atoms with E-state index in [2.05, 4.69) is 0 Å². The second-order valence-corrected chi connectivity index (χ2v) is 0. The van der Waals surface area contributed by atoms with E-state index in [1.54, 1.807) is 0 Å². The van der Waals surface area contributed by atoms with E-state index in [0.29, 0.717) is 0 Å². The fraction of sp³-hybridized carbons (Fsp3) is 0. The molecule has 0 rings (SSSR count). The van der Waals surface area contributed by atoms with Gasteiger partial charge in [0.25, 0.3) is 0 Å². The topological polar surface area (TPSA) is 0 Å². The molecule has 0 aliphatic heterocycles. The minimum Gasteiger partial charge on any atom is -1.00 e. The van der Waals surface area contributed by atoms with Gasteiger partial charge in [-0.3, -0.25) is 0 Å². The van der Waals surface area contributed by atoms with Crippen LogP contribution in [0.4, 0.5) is 0 Å². The molecule has 0 atom stereocenters. The van der Waals surface area contributed by atoms with Crippen LogP contribution in [0.1, 0.15) is 8.56 Å². The fourth-order valence-corrected chi connectivity index (χ4v) is 0. The van der Waals surface area contributed by atoms with Crippen molar-refractivity contribution in [2.45, 2.75) is 0 Å². The molecule has 0 aliphatic rings. The van der Waals surface area contributed by atoms with E-state index in [0.717, 1.165) is 0 Å². The first kappa shape index (κ1) is 199. The Morgan fingerprint density at radius 1 is 0.211 bits per heavy atom. The normalized spacial score (nSPS) is 0. The SMILES string of the molecule is [AlH3].[AlH3].[AlH3].[AlH3].[AlH3].[AlH3].[AlH3].[AlH3].[AlH3].[AlH3].[AlH3].[AlH3].[AlH3].[AlH3].[AlH3].[AlH3].[Ba+2].[H-].[H-].[H-].[H-].[H-].[H-].[Mg+2].[Mg+2]. The average molecular weight is 672 g/mol. The summed E-state index contributed by atoms with van der Waals surface area (Å²) in [6.45, 7) is 0. The third-order valence-corrected chi connectivity index (χ3v) is 0. The van der Waals surface area contributed by atoms with Crippen LogP contribution in [0.3, 0.4) is 0 Å². The van der Waals surface area contributed by atoms with Crippen molar-refractivity contribution in [2.75, 3.05) is 0 Å². The molecule has 0 nitrogen and oxygen atoms in total. The van der Waals surface area contributed by atoms with Gasteiger partial charge in [-0.05, 0) is 0 Å². The Kier molecular flexibility index (Phi) is 1880. The van der Waals surface area contributed by atoms with Gasteiger partial charge in [-0.15, -0.1) is 0 Å². The van der Waals surface area contributed by atoms with Crippen LogP contribution in [-0.2, 0) is 0 Å². The van der Waals surface area contributed by atoms with E-state index in [9.17, 15) is 0 Å². The molecule has 19 heteroatoms. The molecule has 0 radical (unpaired) electrons. The summed E-state index contributed by atoms with van der Waals surface area (Å²) in [5.74, 6) is 0. The molecule has 0 aliphatic carbocycles. The Hall–Kier alpha value is 11.6. The predicted molar refractivity (Wildman–Crippen MR) is 183 cm³/mol. The number of rotatable bonds is 0. The maximum atomic E-state index is 0. The second kappa shape index (κ2) is 180. The van der Waals surface area contributed by atoms with Gasteiger partial charge in [0.1, 0.15) is 0 Å². The summed E-state index contributed by atoms with van der Waals surface area (Å²) in [5, 5.41) is 0. The largest absolute Gasteiger partial charge is 2.00 e. The Balaban J connectivity index is 0. The molecule has 0 saturated heterocycles. The molecule has 0 bridgehead atoms. The summed E-state index contributed by atoms with van der Waals surface area (Å²) in [6, 6.07) is 0. The van der Waals surface area contributed by atoms with Gasteiger partial charge in [0.15, 0.2) is 278 Å². The molecule has 0 aromatic carbocycles. The third-order valence-electron chi connectivity index (χ3n) is 0. The Morgan fingerprint density at radius 2 is 0.211 bits per heavy atom. The van der Waals surface area contributed by atoms with Crippen molar-refractivity contribution in [1.29, 1.82) is 0 Å². The molecule has 19 heavy (non-hydrogen) atoms. The van der Waals surface area contributed by atoms with E-state index >= 15 is 0 Å². The number of hydrogen-bond acceptors (Lipinski definition) is 0. The van der Waals surface area contributed by atoms with Crippen molar-refractivity contribution in [1.82, 2.24) is 0 Å². The van der Waals surface area contributed by atoms with Crippen LogP contribution >= 0.6 is 0 Å². The van der Waals surface area contributed by atoms with Crippen LogP contribution in [0.15, 0.2) is 0 Å². The molecule has 0 fully saturated rings. The van der Waals surface area contributed by atoms with E-state index in [4.69, 9.17) is 0 Å². The molecule has 0 N–H and O–H groups in total. The van der Waals surface area contributed by atoms with E-state index in [1.165, 1.54) is 0 Å². The summed E-state index contributed by atoms with van der Waals surface area (Å²) in [6.07, 6.45) is 0. The molecule has 0 spiro atoms. The van der Waals surface area contributed by atoms with Crippen molar-refractivity contribution in [3.63, 3.8) is 0 Å². The van der Waals surface area contributed by atoms with Gasteiger partial charge in [-0.25, -0.2) is 0 Å². The second-order valence-electron chi connectivity index (χ2n) is 0. The molecule has 0 aromatic heterocycles. The molecular formula is H54Al16BaMg2. The van der Waals surface area contributed by atoms with Crippen molar-refractivity contribution in [3.05, 3.63) is 0 Å². The minimum absolute atomic E-state index is 0. The van der Waals surface area contributed by atoms with Crippen molar-refractivity contribution in [3.8, 4) is 0 Å². The summed E-state index contributed by atoms with van der Waals surface area (Å²) in [7, 11) is 0. The summed E-state index contributed by atoms with van der Waals surface area (Å²) in [4.78, 5) is 0. The Labute approximate surface area is 371 Å². The third kappa shape index (κ3) is 167. The first-order valence-corrected chi connectivity index (χ1v) is 0. The predicted octanol–water partition coefficient (Wildman–Crippen LogP) is -19.4. The maximum absolute atomic E-state index is 0. The minimum atomic E-state index is 0. The smallest absolute Gasteiger partial charge is 1.00 e. The van der Waals surface area contributed by atoms with Gasteiger partial charge < -0.3 is 8.56 Å². The molecule has 108 valence electrons. The standard InChI is InChI=1S/16Al.Ba.2Mg.54H/q;;;;;;;;;;;;;;;;3*+2;;;;;;;;;;;;;;;;;;;;;;;;;;;;;;;;;;;;;;;;;;;;;;;;;6*-1. The first-order valence-electron chi connectivity index (χ1n) is 0. The van der Waals surface area contributed by atoms with Gasteiger partial charge in [-0.1, -0.05) is 0 Å². The summed E-state index contributed by atoms with van der Waals surface area (Å²) < 4.78 is 0.